The molecule has 0 amide bonds. The molecule has 0 unspecified atom stereocenters. The normalized spacial score (nSPS) is 11.0. The standard InChI is InChI=1S/C22H20N2O/c1-2-7-17(8-3-1)13-15-21-22(24-25-23-21)16-14-19-11-6-10-18-9-4-5-12-20(18)19/h1-12H,13-16H2. The van der Waals surface area contributed by atoms with Crippen molar-refractivity contribution in [2.24, 2.45) is 0 Å². The maximum absolute atomic E-state index is 5.01. The summed E-state index contributed by atoms with van der Waals surface area (Å²) >= 11 is 0. The van der Waals surface area contributed by atoms with E-state index in [-0.39, 0.29) is 0 Å². The molecule has 3 aromatic carbocycles. The summed E-state index contributed by atoms with van der Waals surface area (Å²) in [7, 11) is 0. The molecule has 4 aromatic rings. The lowest BCUT2D eigenvalue weighted by molar-refractivity contribution is 0.300. The number of fused-ring (bicyclic) bond motifs is 1. The topological polar surface area (TPSA) is 38.9 Å². The highest BCUT2D eigenvalue weighted by atomic mass is 16.6. The molecule has 0 saturated heterocycles. The Hall–Kier alpha value is -2.94. The van der Waals surface area contributed by atoms with Crippen LogP contribution in [0.4, 0.5) is 0 Å². The highest BCUT2D eigenvalue weighted by Crippen LogP contribution is 2.20. The van der Waals surface area contributed by atoms with Gasteiger partial charge >= 0.3 is 0 Å². The molecular weight excluding hydrogens is 308 g/mol. The van der Waals surface area contributed by atoms with Crippen LogP contribution in [-0.4, -0.2) is 10.3 Å². The monoisotopic (exact) mass is 328 g/mol. The first kappa shape index (κ1) is 15.6. The molecule has 4 rings (SSSR count). The van der Waals surface area contributed by atoms with Crippen LogP contribution in [0.3, 0.4) is 0 Å². The average Bonchev–Trinajstić information content (AvgIpc) is 3.13. The zero-order valence-corrected chi connectivity index (χ0v) is 14.1. The van der Waals surface area contributed by atoms with Gasteiger partial charge in [-0.25, -0.2) is 4.63 Å². The Kier molecular flexibility index (Phi) is 4.55. The fraction of sp³-hybridized carbons (Fsp3) is 0.182. The van der Waals surface area contributed by atoms with Crippen molar-refractivity contribution in [3.8, 4) is 0 Å². The van der Waals surface area contributed by atoms with E-state index in [0.29, 0.717) is 0 Å². The molecule has 25 heavy (non-hydrogen) atoms. The predicted molar refractivity (Wildman–Crippen MR) is 99.5 cm³/mol. The smallest absolute Gasteiger partial charge is 0.108 e. The summed E-state index contributed by atoms with van der Waals surface area (Å²) in [4.78, 5) is 0. The molecule has 0 aliphatic heterocycles. The Morgan fingerprint density at radius 3 is 2.12 bits per heavy atom. The Balaban J connectivity index is 1.46. The number of hydrogen-bond acceptors (Lipinski definition) is 3. The maximum atomic E-state index is 5.01. The molecule has 124 valence electrons. The third kappa shape index (κ3) is 3.61. The van der Waals surface area contributed by atoms with Crippen molar-refractivity contribution in [1.29, 1.82) is 0 Å². The quantitative estimate of drug-likeness (QED) is 0.510. The van der Waals surface area contributed by atoms with Crippen molar-refractivity contribution in [3.63, 3.8) is 0 Å². The second-order valence-electron chi connectivity index (χ2n) is 6.28. The summed E-state index contributed by atoms with van der Waals surface area (Å²) in [6.07, 6.45) is 3.60. The van der Waals surface area contributed by atoms with Crippen molar-refractivity contribution >= 4 is 10.8 Å². The molecule has 3 nitrogen and oxygen atoms in total. The van der Waals surface area contributed by atoms with E-state index in [0.717, 1.165) is 37.1 Å². The van der Waals surface area contributed by atoms with E-state index in [4.69, 9.17) is 4.63 Å². The number of nitrogens with zero attached hydrogens (tertiary/aromatic N) is 2. The number of aryl methyl sites for hydroxylation is 4. The number of hydrogen-bond donors (Lipinski definition) is 0. The van der Waals surface area contributed by atoms with Crippen LogP contribution < -0.4 is 0 Å². The lowest BCUT2D eigenvalue weighted by Gasteiger charge is -2.06. The van der Waals surface area contributed by atoms with Crippen molar-refractivity contribution in [2.45, 2.75) is 25.7 Å². The molecule has 1 heterocycles. The van der Waals surface area contributed by atoms with Gasteiger partial charge in [-0.15, -0.1) is 0 Å². The molecule has 0 saturated carbocycles. The lowest BCUT2D eigenvalue weighted by atomic mass is 9.99. The van der Waals surface area contributed by atoms with Gasteiger partial charge in [0.1, 0.15) is 11.4 Å². The molecule has 0 fully saturated rings. The van der Waals surface area contributed by atoms with Crippen molar-refractivity contribution in [3.05, 3.63) is 95.3 Å². The summed E-state index contributed by atoms with van der Waals surface area (Å²) in [5.41, 5.74) is 4.61. The number of benzene rings is 3. The van der Waals surface area contributed by atoms with Crippen molar-refractivity contribution < 1.29 is 4.63 Å². The van der Waals surface area contributed by atoms with E-state index < -0.39 is 0 Å². The van der Waals surface area contributed by atoms with Crippen LogP contribution in [0.5, 0.6) is 0 Å². The Morgan fingerprint density at radius 2 is 1.28 bits per heavy atom. The fourth-order valence-electron chi connectivity index (χ4n) is 3.28. The van der Waals surface area contributed by atoms with Gasteiger partial charge in [-0.05, 0) is 47.6 Å². The molecule has 3 heteroatoms. The van der Waals surface area contributed by atoms with Crippen LogP contribution >= 0.6 is 0 Å². The zero-order valence-electron chi connectivity index (χ0n) is 14.1. The largest absolute Gasteiger partial charge is 0.244 e. The fourth-order valence-corrected chi connectivity index (χ4v) is 3.28. The summed E-state index contributed by atoms with van der Waals surface area (Å²) < 4.78 is 5.01. The summed E-state index contributed by atoms with van der Waals surface area (Å²) in [5, 5.41) is 10.8. The molecule has 0 aliphatic rings. The SMILES string of the molecule is c1ccc(CCc2nonc2CCc2cccc3ccccc23)cc1. The molecule has 0 N–H and O–H groups in total. The van der Waals surface area contributed by atoms with E-state index in [2.05, 4.69) is 77.0 Å². The summed E-state index contributed by atoms with van der Waals surface area (Å²) in [6.45, 7) is 0. The van der Waals surface area contributed by atoms with E-state index in [9.17, 15) is 0 Å². The second kappa shape index (κ2) is 7.31. The predicted octanol–water partition coefficient (Wildman–Crippen LogP) is 4.79. The highest BCUT2D eigenvalue weighted by Gasteiger charge is 2.11. The highest BCUT2D eigenvalue weighted by molar-refractivity contribution is 5.85. The molecule has 0 bridgehead atoms. The van der Waals surface area contributed by atoms with Gasteiger partial charge in [-0.2, -0.15) is 0 Å². The molecule has 1 aromatic heterocycles. The van der Waals surface area contributed by atoms with Gasteiger partial charge in [-0.1, -0.05) is 83.1 Å². The lowest BCUT2D eigenvalue weighted by Crippen LogP contribution is -1.99. The first-order valence-corrected chi connectivity index (χ1v) is 8.71. The van der Waals surface area contributed by atoms with Crippen molar-refractivity contribution in [1.82, 2.24) is 10.3 Å². The second-order valence-corrected chi connectivity index (χ2v) is 6.28. The minimum atomic E-state index is 0.849. The minimum absolute atomic E-state index is 0.849. The molecular formula is C22H20N2O. The van der Waals surface area contributed by atoms with Gasteiger partial charge in [0, 0.05) is 0 Å². The van der Waals surface area contributed by atoms with Gasteiger partial charge in [-0.3, -0.25) is 0 Å². The molecule has 0 radical (unpaired) electrons. The third-order valence-electron chi connectivity index (χ3n) is 4.64. The van der Waals surface area contributed by atoms with E-state index >= 15 is 0 Å². The van der Waals surface area contributed by atoms with Gasteiger partial charge in [0.05, 0.1) is 0 Å². The molecule has 0 aliphatic carbocycles. The Morgan fingerprint density at radius 1 is 0.600 bits per heavy atom. The first-order valence-electron chi connectivity index (χ1n) is 8.71. The summed E-state index contributed by atoms with van der Waals surface area (Å²) in [5.74, 6) is 0. The van der Waals surface area contributed by atoms with Crippen LogP contribution in [-0.2, 0) is 25.7 Å². The minimum Gasteiger partial charge on any atom is -0.244 e. The summed E-state index contributed by atoms with van der Waals surface area (Å²) in [6, 6.07) is 25.4. The van der Waals surface area contributed by atoms with Gasteiger partial charge in [0.2, 0.25) is 0 Å². The molecule has 0 spiro atoms. The Bertz CT molecular complexity index is 955. The van der Waals surface area contributed by atoms with Gasteiger partial charge < -0.3 is 0 Å². The first-order chi connectivity index (χ1) is 12.4. The van der Waals surface area contributed by atoms with Crippen LogP contribution in [0, 0.1) is 0 Å². The number of aromatic nitrogens is 2. The van der Waals surface area contributed by atoms with Crippen LogP contribution in [0.15, 0.2) is 77.4 Å². The molecule has 0 atom stereocenters. The van der Waals surface area contributed by atoms with Crippen LogP contribution in [0.1, 0.15) is 22.5 Å². The Labute approximate surface area is 147 Å². The zero-order chi connectivity index (χ0) is 16.9. The number of rotatable bonds is 6. The van der Waals surface area contributed by atoms with Gasteiger partial charge in [0.15, 0.2) is 0 Å². The average molecular weight is 328 g/mol. The maximum Gasteiger partial charge on any atom is 0.108 e. The van der Waals surface area contributed by atoms with Crippen LogP contribution in [0.2, 0.25) is 0 Å². The van der Waals surface area contributed by atoms with E-state index in [1.165, 1.54) is 21.9 Å². The van der Waals surface area contributed by atoms with Crippen molar-refractivity contribution in [2.75, 3.05) is 0 Å². The van der Waals surface area contributed by atoms with E-state index in [1.807, 2.05) is 6.07 Å². The third-order valence-corrected chi connectivity index (χ3v) is 4.64. The van der Waals surface area contributed by atoms with Crippen LogP contribution in [0.25, 0.3) is 10.8 Å². The van der Waals surface area contributed by atoms with E-state index in [1.54, 1.807) is 0 Å². The van der Waals surface area contributed by atoms with Gasteiger partial charge in [0.25, 0.3) is 0 Å².